The Morgan fingerprint density at radius 3 is 2.50 bits per heavy atom. The lowest BCUT2D eigenvalue weighted by atomic mass is 9.53. The van der Waals surface area contributed by atoms with E-state index in [0.717, 1.165) is 84.8 Å². The number of fused-ring (bicyclic) bond motifs is 5. The predicted molar refractivity (Wildman–Crippen MR) is 227 cm³/mol. The molecule has 308 valence electrons. The zero-order valence-corrected chi connectivity index (χ0v) is 33.5. The third kappa shape index (κ3) is 8.90. The predicted octanol–water partition coefficient (Wildman–Crippen LogP) is 7.19. The van der Waals surface area contributed by atoms with Crippen molar-refractivity contribution in [3.63, 3.8) is 0 Å². The standard InChI is InChI=1S/C50H61NO7/c51-25-23-32-16-17-36(26-32)39(31-52)11-3-1-2-9-34-12-7-15-43(48(55)56)46(49(57)58)50(24-22-38-29-37-10-4-5-14-42(37)47(54)45(38)30-50)40-13-6-8-33(27-40)28-44(34)35-18-20-41(53)21-19-35/h4-8,10,13-15,18-21,26-27,29,31,34,36,38-39,43-46,48,53-56H,1-3,9,11-12,16-17,22-25,28,30,51H2,(H,57,58)/t34-,36-,38-,39-,43+,44+,45+,46-,50-/m1/s1. The van der Waals surface area contributed by atoms with Crippen LogP contribution in [0, 0.1) is 41.4 Å². The highest BCUT2D eigenvalue weighted by Gasteiger charge is 2.54. The van der Waals surface area contributed by atoms with Crippen molar-refractivity contribution < 1.29 is 35.1 Å². The largest absolute Gasteiger partial charge is 0.511 e. The van der Waals surface area contributed by atoms with E-state index >= 15 is 0 Å². The van der Waals surface area contributed by atoms with Gasteiger partial charge in [0.25, 0.3) is 0 Å². The van der Waals surface area contributed by atoms with Crippen molar-refractivity contribution >= 4 is 24.1 Å². The minimum Gasteiger partial charge on any atom is -0.511 e. The number of carbonyl (C=O) groups excluding carboxylic acids is 1. The number of aliphatic carboxylic acids is 1. The second-order valence-corrected chi connectivity index (χ2v) is 17.6. The highest BCUT2D eigenvalue weighted by atomic mass is 16.5. The van der Waals surface area contributed by atoms with Crippen LogP contribution in [0.4, 0.5) is 0 Å². The summed E-state index contributed by atoms with van der Waals surface area (Å²) in [6.07, 6.45) is 17.8. The Hall–Kier alpha value is -4.50. The summed E-state index contributed by atoms with van der Waals surface area (Å²) in [5.74, 6) is -2.64. The Kier molecular flexibility index (Phi) is 13.4. The normalized spacial score (nSPS) is 28.7. The second kappa shape index (κ2) is 18.6. The van der Waals surface area contributed by atoms with E-state index in [0.29, 0.717) is 44.6 Å². The third-order valence-corrected chi connectivity index (χ3v) is 14.3. The number of hydrogen-bond donors (Lipinski definition) is 6. The number of aldehydes is 1. The number of aliphatic hydroxyl groups is 3. The zero-order valence-electron chi connectivity index (χ0n) is 33.5. The summed E-state index contributed by atoms with van der Waals surface area (Å²) in [6.45, 7) is 0.638. The van der Waals surface area contributed by atoms with Crippen LogP contribution in [0.1, 0.15) is 99.7 Å². The molecular weight excluding hydrogens is 727 g/mol. The lowest BCUT2D eigenvalue weighted by Crippen LogP contribution is -2.52. The van der Waals surface area contributed by atoms with Crippen LogP contribution in [0.5, 0.6) is 5.75 Å². The quantitative estimate of drug-likeness (QED) is 0.0460. The molecule has 1 spiro atoms. The van der Waals surface area contributed by atoms with Crippen LogP contribution in [0.3, 0.4) is 0 Å². The molecule has 1 fully saturated rings. The van der Waals surface area contributed by atoms with Gasteiger partial charge in [0.2, 0.25) is 0 Å². The second-order valence-electron chi connectivity index (χ2n) is 17.6. The molecule has 0 aromatic heterocycles. The van der Waals surface area contributed by atoms with Crippen LogP contribution in [0.2, 0.25) is 0 Å². The molecule has 0 amide bonds. The number of nitrogens with two attached hydrogens (primary N) is 1. The van der Waals surface area contributed by atoms with Gasteiger partial charge in [0.1, 0.15) is 17.8 Å². The van der Waals surface area contributed by atoms with E-state index in [9.17, 15) is 35.1 Å². The number of allylic oxidation sites excluding steroid dienone is 2. The summed E-state index contributed by atoms with van der Waals surface area (Å²) in [7, 11) is 0. The highest BCUT2D eigenvalue weighted by Crippen LogP contribution is 2.54. The molecule has 9 atom stereocenters. The van der Waals surface area contributed by atoms with Crippen LogP contribution in [0.15, 0.2) is 96.6 Å². The van der Waals surface area contributed by atoms with Crippen LogP contribution in [-0.4, -0.2) is 50.6 Å². The van der Waals surface area contributed by atoms with Crippen molar-refractivity contribution in [2.75, 3.05) is 6.54 Å². The Bertz CT molecular complexity index is 2090. The first-order chi connectivity index (χ1) is 28.1. The Morgan fingerprint density at radius 2 is 1.74 bits per heavy atom. The van der Waals surface area contributed by atoms with Gasteiger partial charge in [-0.05, 0) is 128 Å². The zero-order chi connectivity index (χ0) is 40.8. The average molecular weight is 788 g/mol. The number of aliphatic hydroxyl groups excluding tert-OH is 2. The lowest BCUT2D eigenvalue weighted by molar-refractivity contribution is -0.158. The SMILES string of the molecule is NCCC1=C[C@H]([C@@H](C=O)CCCCC[C@@H]2CC=C[C@H](C(O)O)[C@H](C(=O)O)[C@@]3(CC[C@@H]4C=c5ccccc5=C(O)[C@H]4C3)c3cccc(c3)C[C@@H]2c2ccc(O)cc2)CC1. The molecule has 3 aromatic carbocycles. The molecule has 8 heteroatoms. The Morgan fingerprint density at radius 1 is 0.931 bits per heavy atom. The Balaban J connectivity index is 1.20. The van der Waals surface area contributed by atoms with Gasteiger partial charge >= 0.3 is 5.97 Å². The number of phenols is 1. The number of rotatable bonds is 13. The first-order valence-electron chi connectivity index (χ1n) is 21.6. The summed E-state index contributed by atoms with van der Waals surface area (Å²) in [6, 6.07) is 23.5. The van der Waals surface area contributed by atoms with Crippen molar-refractivity contribution in [3.05, 3.63) is 124 Å². The summed E-state index contributed by atoms with van der Waals surface area (Å²) in [5, 5.41) is 57.0. The molecule has 58 heavy (non-hydrogen) atoms. The molecule has 4 aliphatic carbocycles. The number of carbonyl (C=O) groups is 2. The van der Waals surface area contributed by atoms with Gasteiger partial charge in [-0.15, -0.1) is 0 Å². The molecule has 1 saturated carbocycles. The van der Waals surface area contributed by atoms with E-state index in [4.69, 9.17) is 5.73 Å². The van der Waals surface area contributed by atoms with Crippen LogP contribution < -0.4 is 16.2 Å². The van der Waals surface area contributed by atoms with Crippen molar-refractivity contribution in [3.8, 4) is 5.75 Å². The molecule has 0 saturated heterocycles. The van der Waals surface area contributed by atoms with Crippen LogP contribution in [-0.2, 0) is 21.4 Å². The van der Waals surface area contributed by atoms with Gasteiger partial charge in [-0.2, -0.15) is 0 Å². The fraction of sp³-hybridized carbons (Fsp3) is 0.480. The molecule has 7 N–H and O–H groups in total. The minimum atomic E-state index is -1.91. The summed E-state index contributed by atoms with van der Waals surface area (Å²) >= 11 is 0. The van der Waals surface area contributed by atoms with Gasteiger partial charge in [-0.25, -0.2) is 0 Å². The molecule has 0 heterocycles. The monoisotopic (exact) mass is 787 g/mol. The van der Waals surface area contributed by atoms with E-state index in [1.807, 2.05) is 54.6 Å². The molecule has 8 nitrogen and oxygen atoms in total. The van der Waals surface area contributed by atoms with E-state index in [1.165, 1.54) is 5.57 Å². The van der Waals surface area contributed by atoms with Gasteiger partial charge in [-0.1, -0.05) is 110 Å². The van der Waals surface area contributed by atoms with Gasteiger partial charge in [0.15, 0.2) is 6.29 Å². The van der Waals surface area contributed by atoms with Crippen molar-refractivity contribution in [2.24, 2.45) is 47.2 Å². The van der Waals surface area contributed by atoms with Crippen LogP contribution >= 0.6 is 0 Å². The molecule has 4 aliphatic rings. The Labute approximate surface area is 342 Å². The smallest absolute Gasteiger partial charge is 0.308 e. The number of phenolic OH excluding ortho intramolecular Hbond substituents is 1. The number of carboxylic acid groups (broad SMARTS) is 1. The topological polar surface area (TPSA) is 161 Å². The van der Waals surface area contributed by atoms with Gasteiger partial charge in [0, 0.05) is 28.4 Å². The minimum absolute atomic E-state index is 0.0212. The van der Waals surface area contributed by atoms with Gasteiger partial charge in [0.05, 0.1) is 5.92 Å². The van der Waals surface area contributed by atoms with E-state index in [2.05, 4.69) is 24.3 Å². The van der Waals surface area contributed by atoms with Gasteiger partial charge < -0.3 is 36.1 Å². The molecule has 3 aromatic rings. The maximum absolute atomic E-state index is 13.6. The summed E-state index contributed by atoms with van der Waals surface area (Å²) in [5.41, 5.74) is 9.18. The van der Waals surface area contributed by atoms with E-state index in [-0.39, 0.29) is 41.1 Å². The molecule has 7 rings (SSSR count). The molecular formula is C50H61NO7. The number of aromatic hydroxyl groups is 1. The summed E-state index contributed by atoms with van der Waals surface area (Å²) in [4.78, 5) is 25.8. The molecule has 0 unspecified atom stereocenters. The van der Waals surface area contributed by atoms with Crippen LogP contribution in [0.25, 0.3) is 11.8 Å². The number of benzene rings is 3. The molecule has 0 radical (unpaired) electrons. The maximum Gasteiger partial charge on any atom is 0.308 e. The first kappa shape index (κ1) is 41.7. The molecule has 0 aliphatic heterocycles. The van der Waals surface area contributed by atoms with Crippen molar-refractivity contribution in [2.45, 2.75) is 101 Å². The number of carboxylic acids is 1. The third-order valence-electron chi connectivity index (χ3n) is 14.3. The fourth-order valence-electron chi connectivity index (χ4n) is 11.3. The highest BCUT2D eigenvalue weighted by molar-refractivity contribution is 5.74. The van der Waals surface area contributed by atoms with E-state index in [1.54, 1.807) is 18.2 Å². The lowest BCUT2D eigenvalue weighted by Gasteiger charge is -2.50. The van der Waals surface area contributed by atoms with Gasteiger partial charge in [-0.3, -0.25) is 4.79 Å². The van der Waals surface area contributed by atoms with Crippen molar-refractivity contribution in [1.29, 1.82) is 0 Å². The van der Waals surface area contributed by atoms with E-state index < -0.39 is 29.5 Å². The first-order valence-corrected chi connectivity index (χ1v) is 21.6. The average Bonchev–Trinajstić information content (AvgIpc) is 3.69. The molecule has 2 bridgehead atoms. The number of hydrogen-bond acceptors (Lipinski definition) is 7. The van der Waals surface area contributed by atoms with Crippen molar-refractivity contribution in [1.82, 2.24) is 0 Å². The fourth-order valence-corrected chi connectivity index (χ4v) is 11.3. The number of unbranched alkanes of at least 4 members (excludes halogenated alkanes) is 2. The summed E-state index contributed by atoms with van der Waals surface area (Å²) < 4.78 is 0. The maximum atomic E-state index is 13.6.